The van der Waals surface area contributed by atoms with E-state index in [0.29, 0.717) is 17.1 Å². The lowest BCUT2D eigenvalue weighted by Gasteiger charge is -2.14. The summed E-state index contributed by atoms with van der Waals surface area (Å²) in [5.74, 6) is 0.570. The van der Waals surface area contributed by atoms with Crippen LogP contribution in [0.25, 0.3) is 0 Å². The summed E-state index contributed by atoms with van der Waals surface area (Å²) in [6.45, 7) is 3.61. The summed E-state index contributed by atoms with van der Waals surface area (Å²) < 4.78 is 11.4. The molecule has 2 aromatic rings. The number of nitrogens with zero attached hydrogens (tertiary/aromatic N) is 1. The first kappa shape index (κ1) is 18.8. The van der Waals surface area contributed by atoms with E-state index >= 15 is 0 Å². The first-order valence-corrected chi connectivity index (χ1v) is 8.32. The zero-order chi connectivity index (χ0) is 18.4. The van der Waals surface area contributed by atoms with Crippen molar-refractivity contribution >= 4 is 28.1 Å². The van der Waals surface area contributed by atoms with Gasteiger partial charge in [0.25, 0.3) is 5.91 Å². The molecule has 0 bridgehead atoms. The average molecular weight is 407 g/mol. The molecule has 132 valence electrons. The van der Waals surface area contributed by atoms with Gasteiger partial charge in [-0.25, -0.2) is 5.43 Å². The van der Waals surface area contributed by atoms with Crippen LogP contribution in [0.3, 0.4) is 0 Å². The Morgan fingerprint density at radius 1 is 1.28 bits per heavy atom. The molecule has 2 rings (SSSR count). The van der Waals surface area contributed by atoms with Crippen LogP contribution in [0.1, 0.15) is 18.1 Å². The fourth-order valence-corrected chi connectivity index (χ4v) is 2.57. The van der Waals surface area contributed by atoms with Crippen molar-refractivity contribution in [1.82, 2.24) is 5.43 Å². The first-order chi connectivity index (χ1) is 11.9. The summed E-state index contributed by atoms with van der Waals surface area (Å²) in [5.41, 5.74) is 4.18. The van der Waals surface area contributed by atoms with E-state index in [9.17, 15) is 9.90 Å². The van der Waals surface area contributed by atoms with Crippen molar-refractivity contribution in [3.8, 4) is 17.2 Å². The van der Waals surface area contributed by atoms with Gasteiger partial charge >= 0.3 is 0 Å². The predicted octanol–water partition coefficient (Wildman–Crippen LogP) is 3.39. The highest BCUT2D eigenvalue weighted by Crippen LogP contribution is 2.27. The van der Waals surface area contributed by atoms with Crippen LogP contribution in [0, 0.1) is 6.92 Å². The molecular weight excluding hydrogens is 388 g/mol. The molecule has 2 aromatic carbocycles. The number of rotatable bonds is 6. The van der Waals surface area contributed by atoms with Crippen LogP contribution >= 0.6 is 15.9 Å². The van der Waals surface area contributed by atoms with Gasteiger partial charge in [0, 0.05) is 0 Å². The van der Waals surface area contributed by atoms with E-state index < -0.39 is 6.10 Å². The lowest BCUT2D eigenvalue weighted by molar-refractivity contribution is -0.127. The molecule has 0 aliphatic heterocycles. The van der Waals surface area contributed by atoms with E-state index in [-0.39, 0.29) is 11.7 Å². The molecule has 0 unspecified atom stereocenters. The Hall–Kier alpha value is -2.54. The zero-order valence-corrected chi connectivity index (χ0v) is 15.7. The summed E-state index contributed by atoms with van der Waals surface area (Å²) in [6, 6.07) is 10.4. The van der Waals surface area contributed by atoms with Gasteiger partial charge in [-0.1, -0.05) is 6.07 Å². The van der Waals surface area contributed by atoms with E-state index in [1.54, 1.807) is 25.1 Å². The largest absolute Gasteiger partial charge is 0.504 e. The van der Waals surface area contributed by atoms with Crippen LogP contribution in [0.4, 0.5) is 0 Å². The number of halogens is 1. The van der Waals surface area contributed by atoms with Gasteiger partial charge < -0.3 is 14.6 Å². The molecule has 0 saturated carbocycles. The van der Waals surface area contributed by atoms with Crippen LogP contribution in [0.2, 0.25) is 0 Å². The third-order valence-electron chi connectivity index (χ3n) is 3.35. The molecule has 0 fully saturated rings. The van der Waals surface area contributed by atoms with E-state index in [4.69, 9.17) is 9.47 Å². The number of hydrogen-bond donors (Lipinski definition) is 2. The van der Waals surface area contributed by atoms with Gasteiger partial charge in [0.2, 0.25) is 0 Å². The number of hydrazone groups is 1. The highest BCUT2D eigenvalue weighted by Gasteiger charge is 2.15. The SMILES string of the molecule is COc1cc(C=NNC(=O)[C@H](C)Oc2ccc(C)cc2Br)ccc1O. The summed E-state index contributed by atoms with van der Waals surface area (Å²) in [7, 11) is 1.46. The summed E-state index contributed by atoms with van der Waals surface area (Å²) in [4.78, 5) is 12.1. The lowest BCUT2D eigenvalue weighted by atomic mass is 10.2. The number of phenols is 1. The number of nitrogens with one attached hydrogen (secondary N) is 1. The van der Waals surface area contributed by atoms with Gasteiger partial charge in [-0.15, -0.1) is 0 Å². The van der Waals surface area contributed by atoms with Crippen molar-refractivity contribution in [3.05, 3.63) is 52.0 Å². The number of amides is 1. The minimum atomic E-state index is -0.717. The van der Waals surface area contributed by atoms with Crippen molar-refractivity contribution in [2.24, 2.45) is 5.10 Å². The van der Waals surface area contributed by atoms with Gasteiger partial charge in [0.05, 0.1) is 17.8 Å². The molecule has 0 aromatic heterocycles. The number of hydrogen-bond acceptors (Lipinski definition) is 5. The molecule has 0 aliphatic rings. The normalized spacial score (nSPS) is 12.0. The topological polar surface area (TPSA) is 80.2 Å². The highest BCUT2D eigenvalue weighted by molar-refractivity contribution is 9.10. The number of phenolic OH excluding ortho intramolecular Hbond substituents is 1. The molecule has 2 N–H and O–H groups in total. The molecular formula is C18H19BrN2O4. The molecule has 0 saturated heterocycles. The van der Waals surface area contributed by atoms with Crippen LogP contribution in [0.5, 0.6) is 17.2 Å². The van der Waals surface area contributed by atoms with Gasteiger partial charge in [-0.2, -0.15) is 5.10 Å². The molecule has 7 heteroatoms. The van der Waals surface area contributed by atoms with Crippen molar-refractivity contribution in [1.29, 1.82) is 0 Å². The predicted molar refractivity (Wildman–Crippen MR) is 99.4 cm³/mol. The second-order valence-corrected chi connectivity index (χ2v) is 6.21. The summed E-state index contributed by atoms with van der Waals surface area (Å²) in [5, 5.41) is 13.4. The molecule has 1 atom stereocenters. The van der Waals surface area contributed by atoms with Crippen LogP contribution < -0.4 is 14.9 Å². The maximum Gasteiger partial charge on any atom is 0.280 e. The Bertz CT molecular complexity index is 793. The monoisotopic (exact) mass is 406 g/mol. The van der Waals surface area contributed by atoms with Crippen molar-refractivity contribution in [2.45, 2.75) is 20.0 Å². The summed E-state index contributed by atoms with van der Waals surface area (Å²) >= 11 is 3.41. The van der Waals surface area contributed by atoms with E-state index in [2.05, 4.69) is 26.5 Å². The van der Waals surface area contributed by atoms with E-state index in [1.165, 1.54) is 19.4 Å². The number of ether oxygens (including phenoxy) is 2. The number of carbonyl (C=O) groups excluding carboxylic acids is 1. The lowest BCUT2D eigenvalue weighted by Crippen LogP contribution is -2.33. The number of methoxy groups -OCH3 is 1. The van der Waals surface area contributed by atoms with Crippen LogP contribution in [-0.4, -0.2) is 30.4 Å². The minimum Gasteiger partial charge on any atom is -0.504 e. The maximum atomic E-state index is 12.1. The fourth-order valence-electron chi connectivity index (χ4n) is 1.98. The quantitative estimate of drug-likeness (QED) is 0.568. The van der Waals surface area contributed by atoms with Gasteiger partial charge in [-0.3, -0.25) is 4.79 Å². The number of carbonyl (C=O) groups is 1. The molecule has 6 nitrogen and oxygen atoms in total. The molecule has 0 aliphatic carbocycles. The van der Waals surface area contributed by atoms with Gasteiger partial charge in [0.1, 0.15) is 5.75 Å². The van der Waals surface area contributed by atoms with Crippen LogP contribution in [0.15, 0.2) is 46.0 Å². The average Bonchev–Trinajstić information content (AvgIpc) is 2.58. The highest BCUT2D eigenvalue weighted by atomic mass is 79.9. The van der Waals surface area contributed by atoms with E-state index in [1.807, 2.05) is 19.1 Å². The zero-order valence-electron chi connectivity index (χ0n) is 14.1. The molecule has 1 amide bonds. The molecule has 0 radical (unpaired) electrons. The van der Waals surface area contributed by atoms with Gasteiger partial charge in [-0.05, 0) is 71.2 Å². The molecule has 25 heavy (non-hydrogen) atoms. The Labute approximate surface area is 154 Å². The molecule has 0 spiro atoms. The Balaban J connectivity index is 1.94. The van der Waals surface area contributed by atoms with E-state index in [0.717, 1.165) is 10.0 Å². The number of benzene rings is 2. The maximum absolute atomic E-state index is 12.1. The Morgan fingerprint density at radius 3 is 2.72 bits per heavy atom. The smallest absolute Gasteiger partial charge is 0.280 e. The van der Waals surface area contributed by atoms with Crippen LogP contribution in [-0.2, 0) is 4.79 Å². The molecule has 0 heterocycles. The first-order valence-electron chi connectivity index (χ1n) is 7.53. The van der Waals surface area contributed by atoms with Crippen molar-refractivity contribution in [2.75, 3.05) is 7.11 Å². The van der Waals surface area contributed by atoms with Gasteiger partial charge in [0.15, 0.2) is 17.6 Å². The third-order valence-corrected chi connectivity index (χ3v) is 3.97. The Kier molecular flexibility index (Phi) is 6.41. The second kappa shape index (κ2) is 8.53. The number of aromatic hydroxyl groups is 1. The number of aryl methyl sites for hydroxylation is 1. The fraction of sp³-hybridized carbons (Fsp3) is 0.222. The van der Waals surface area contributed by atoms with Crippen molar-refractivity contribution < 1.29 is 19.4 Å². The standard InChI is InChI=1S/C18H19BrN2O4/c1-11-4-7-16(14(19)8-11)25-12(2)18(23)21-20-10-13-5-6-15(22)17(9-13)24-3/h4-10,12,22H,1-3H3,(H,21,23)/t12-/m0/s1. The third kappa shape index (κ3) is 5.22. The second-order valence-electron chi connectivity index (χ2n) is 5.36. The van der Waals surface area contributed by atoms with Crippen molar-refractivity contribution in [3.63, 3.8) is 0 Å². The Morgan fingerprint density at radius 2 is 2.04 bits per heavy atom. The summed E-state index contributed by atoms with van der Waals surface area (Å²) in [6.07, 6.45) is 0.736. The minimum absolute atomic E-state index is 0.0365.